The van der Waals surface area contributed by atoms with E-state index in [-0.39, 0.29) is 36.5 Å². The molecule has 0 aromatic carbocycles. The quantitative estimate of drug-likeness (QED) is 0.695. The number of carboxylic acid groups (broad SMARTS) is 1. The first-order chi connectivity index (χ1) is 15.9. The molecule has 0 bridgehead atoms. The van der Waals surface area contributed by atoms with E-state index in [0.29, 0.717) is 0 Å². The molecule has 9 nitrogen and oxygen atoms in total. The summed E-state index contributed by atoms with van der Waals surface area (Å²) in [6.07, 6.45) is 0.0371. The number of carbonyl (C=O) groups excluding carboxylic acids is 2. The number of carboxylic acids is 1. The van der Waals surface area contributed by atoms with Crippen molar-refractivity contribution in [3.63, 3.8) is 0 Å². The van der Waals surface area contributed by atoms with E-state index >= 15 is 0 Å². The fraction of sp³-hybridized carbons (Fsp3) is 0.316. The van der Waals surface area contributed by atoms with E-state index in [1.54, 1.807) is 0 Å². The van der Waals surface area contributed by atoms with Crippen molar-refractivity contribution < 1.29 is 30.7 Å². The van der Waals surface area contributed by atoms with Gasteiger partial charge in [-0.1, -0.05) is 11.6 Å². The van der Waals surface area contributed by atoms with Crippen LogP contribution in [0.15, 0.2) is 35.5 Å². The number of carbonyl (C=O) groups is 2. The Balaban J connectivity index is 0.00000432. The SMILES string of the molecule is [2H]c1nc(C(=O)Nc2cc(C3(CF)COCC(CC(=O)[O-])=N3)ccn2)c(C([2H])([2H])[2H])c([2H])c1Cl.[NH4+]. The zero-order valence-corrected chi connectivity index (χ0v) is 16.5. The first kappa shape index (κ1) is 16.8. The Morgan fingerprint density at radius 2 is 2.30 bits per heavy atom. The summed E-state index contributed by atoms with van der Waals surface area (Å²) in [5.74, 6) is -2.61. The van der Waals surface area contributed by atoms with Crippen LogP contribution in [0.25, 0.3) is 0 Å². The Bertz CT molecular complexity index is 1180. The maximum atomic E-state index is 14.1. The number of halogens is 2. The van der Waals surface area contributed by atoms with Crippen LogP contribution in [0, 0.1) is 6.85 Å². The van der Waals surface area contributed by atoms with Crippen LogP contribution in [0.5, 0.6) is 0 Å². The van der Waals surface area contributed by atoms with Gasteiger partial charge < -0.3 is 26.1 Å². The van der Waals surface area contributed by atoms with Crippen LogP contribution in [0.2, 0.25) is 5.02 Å². The fourth-order valence-corrected chi connectivity index (χ4v) is 2.88. The average molecular weight is 443 g/mol. The Labute approximate surface area is 184 Å². The maximum Gasteiger partial charge on any atom is 0.275 e. The molecule has 1 amide bonds. The number of nitrogens with zero attached hydrogens (tertiary/aromatic N) is 3. The molecule has 0 saturated heterocycles. The molecule has 0 aliphatic carbocycles. The Morgan fingerprint density at radius 1 is 1.50 bits per heavy atom. The van der Waals surface area contributed by atoms with Crippen LogP contribution < -0.4 is 16.6 Å². The number of aliphatic carboxylic acids is 1. The molecule has 1 aliphatic heterocycles. The third-order valence-corrected chi connectivity index (χ3v) is 4.22. The summed E-state index contributed by atoms with van der Waals surface area (Å²) in [4.78, 5) is 35.5. The second-order valence-electron chi connectivity index (χ2n) is 6.15. The van der Waals surface area contributed by atoms with E-state index in [9.17, 15) is 19.1 Å². The molecular formula is C19H21ClFN5O4. The normalized spacial score (nSPS) is 21.0. The van der Waals surface area contributed by atoms with Crippen molar-refractivity contribution in [1.82, 2.24) is 16.1 Å². The lowest BCUT2D eigenvalue weighted by atomic mass is 9.92. The molecule has 0 spiro atoms. The summed E-state index contributed by atoms with van der Waals surface area (Å²) in [5, 5.41) is 12.7. The third kappa shape index (κ3) is 5.15. The molecule has 5 N–H and O–H groups in total. The second-order valence-corrected chi connectivity index (χ2v) is 6.53. The number of hydrogen-bond donors (Lipinski definition) is 2. The number of nitrogens with one attached hydrogen (secondary N) is 1. The predicted octanol–water partition coefficient (Wildman–Crippen LogP) is 1.84. The standard InChI is InChI=1S/C19H18ClFN4O4.H3N/c1-11-4-13(20)7-23-17(11)18(28)24-15-5-12(2-3-22-15)19(9-21)10-29-8-14(25-19)6-16(26)27;/h2-5,7H,6,8-10H2,1H3,(H,26,27)(H,22,24,28);1H3/i1D3,4D,7D;. The Kier molecular flexibility index (Phi) is 5.43. The second kappa shape index (κ2) is 9.70. The highest BCUT2D eigenvalue weighted by Crippen LogP contribution is 2.31. The van der Waals surface area contributed by atoms with Crippen molar-refractivity contribution in [3.05, 3.63) is 52.4 Å². The van der Waals surface area contributed by atoms with E-state index in [1.807, 2.05) is 0 Å². The van der Waals surface area contributed by atoms with Gasteiger partial charge in [0.25, 0.3) is 5.91 Å². The number of amides is 1. The molecule has 3 heterocycles. The van der Waals surface area contributed by atoms with Gasteiger partial charge in [-0.3, -0.25) is 9.79 Å². The lowest BCUT2D eigenvalue weighted by Crippen LogP contribution is -2.40. The zero-order chi connectivity index (χ0) is 25.3. The minimum Gasteiger partial charge on any atom is -0.550 e. The summed E-state index contributed by atoms with van der Waals surface area (Å²) in [7, 11) is 0. The van der Waals surface area contributed by atoms with Gasteiger partial charge >= 0.3 is 0 Å². The summed E-state index contributed by atoms with van der Waals surface area (Å²) >= 11 is 5.78. The number of hydrogen-bond acceptors (Lipinski definition) is 7. The van der Waals surface area contributed by atoms with Crippen LogP contribution in [-0.2, 0) is 15.1 Å². The minimum absolute atomic E-state index is 0. The van der Waals surface area contributed by atoms with Gasteiger partial charge in [-0.15, -0.1) is 0 Å². The van der Waals surface area contributed by atoms with E-state index in [4.69, 9.17) is 23.2 Å². The number of alkyl halides is 1. The first-order valence-corrected chi connectivity index (χ1v) is 8.62. The molecule has 1 atom stereocenters. The Hall–Kier alpha value is -2.95. The highest BCUT2D eigenvalue weighted by atomic mass is 35.5. The number of quaternary nitrogens is 1. The molecule has 160 valence electrons. The van der Waals surface area contributed by atoms with Crippen molar-refractivity contribution >= 4 is 35.0 Å². The number of aromatic nitrogens is 2. The predicted molar refractivity (Wildman–Crippen MR) is 108 cm³/mol. The monoisotopic (exact) mass is 442 g/mol. The molecule has 0 fully saturated rings. The van der Waals surface area contributed by atoms with Crippen molar-refractivity contribution in [2.45, 2.75) is 18.8 Å². The highest BCUT2D eigenvalue weighted by Gasteiger charge is 2.36. The first-order valence-electron chi connectivity index (χ1n) is 10.7. The van der Waals surface area contributed by atoms with E-state index < -0.39 is 65.9 Å². The number of pyridine rings is 2. The van der Waals surface area contributed by atoms with E-state index in [1.165, 1.54) is 18.3 Å². The molecule has 2 aromatic rings. The molecule has 0 saturated carbocycles. The van der Waals surface area contributed by atoms with Crippen LogP contribution in [0.3, 0.4) is 0 Å². The fourth-order valence-electron chi connectivity index (χ4n) is 2.74. The van der Waals surface area contributed by atoms with Gasteiger partial charge in [0.1, 0.15) is 23.7 Å². The summed E-state index contributed by atoms with van der Waals surface area (Å²) in [6.45, 7) is -4.28. The molecule has 0 radical (unpaired) electrons. The van der Waals surface area contributed by atoms with Crippen LogP contribution in [0.1, 0.15) is 34.9 Å². The van der Waals surface area contributed by atoms with Gasteiger partial charge in [-0.2, -0.15) is 0 Å². The third-order valence-electron chi connectivity index (χ3n) is 4.04. The number of rotatable bonds is 6. The molecule has 1 unspecified atom stereocenters. The number of anilines is 1. The van der Waals surface area contributed by atoms with Gasteiger partial charge in [0, 0.05) is 34.6 Å². The Morgan fingerprint density at radius 3 is 3.00 bits per heavy atom. The number of aliphatic imine (C=N–C) groups is 1. The van der Waals surface area contributed by atoms with Gasteiger partial charge in [0.05, 0.1) is 21.0 Å². The van der Waals surface area contributed by atoms with Crippen molar-refractivity contribution in [2.24, 2.45) is 4.99 Å². The lowest BCUT2D eigenvalue weighted by Gasteiger charge is -2.32. The van der Waals surface area contributed by atoms with E-state index in [2.05, 4.69) is 20.3 Å². The summed E-state index contributed by atoms with van der Waals surface area (Å²) in [5.41, 5.74) is -2.75. The van der Waals surface area contributed by atoms with Crippen LogP contribution >= 0.6 is 11.6 Å². The van der Waals surface area contributed by atoms with Crippen LogP contribution in [-0.4, -0.2) is 47.4 Å². The van der Waals surface area contributed by atoms with Crippen molar-refractivity contribution in [1.29, 1.82) is 0 Å². The summed E-state index contributed by atoms with van der Waals surface area (Å²) < 4.78 is 57.9. The zero-order valence-electron chi connectivity index (χ0n) is 20.8. The summed E-state index contributed by atoms with van der Waals surface area (Å²) in [6, 6.07) is 1.95. The minimum atomic E-state index is -2.93. The topological polar surface area (TPSA) is 153 Å². The molecule has 1 aliphatic rings. The molecule has 11 heteroatoms. The molecule has 30 heavy (non-hydrogen) atoms. The smallest absolute Gasteiger partial charge is 0.275 e. The van der Waals surface area contributed by atoms with Crippen LogP contribution in [0.4, 0.5) is 10.2 Å². The molecular weight excluding hydrogens is 417 g/mol. The van der Waals surface area contributed by atoms with Gasteiger partial charge in [-0.05, 0) is 36.2 Å². The highest BCUT2D eigenvalue weighted by molar-refractivity contribution is 6.30. The van der Waals surface area contributed by atoms with Gasteiger partial charge in [-0.25, -0.2) is 14.4 Å². The number of ether oxygens (including phenoxy) is 1. The largest absolute Gasteiger partial charge is 0.550 e. The van der Waals surface area contributed by atoms with Crippen molar-refractivity contribution in [3.8, 4) is 0 Å². The lowest BCUT2D eigenvalue weighted by molar-refractivity contribution is -0.303. The van der Waals surface area contributed by atoms with Crippen molar-refractivity contribution in [2.75, 3.05) is 25.2 Å². The molecule has 2 aromatic heterocycles. The molecule has 3 rings (SSSR count). The average Bonchev–Trinajstić information content (AvgIpc) is 2.76. The van der Waals surface area contributed by atoms with E-state index in [0.717, 1.165) is 0 Å². The van der Waals surface area contributed by atoms with Gasteiger partial charge in [0.15, 0.2) is 0 Å². The van der Waals surface area contributed by atoms with Gasteiger partial charge in [0.2, 0.25) is 0 Å². The maximum absolute atomic E-state index is 14.1.